The van der Waals surface area contributed by atoms with Crippen LogP contribution in [0.1, 0.15) is 45.8 Å². The van der Waals surface area contributed by atoms with Gasteiger partial charge in [-0.1, -0.05) is 18.2 Å². The van der Waals surface area contributed by atoms with Crippen LogP contribution in [-0.4, -0.2) is 16.0 Å². The quantitative estimate of drug-likeness (QED) is 0.588. The van der Waals surface area contributed by atoms with E-state index >= 15 is 0 Å². The third-order valence-electron chi connectivity index (χ3n) is 4.89. The lowest BCUT2D eigenvalue weighted by Gasteiger charge is -2.15. The lowest BCUT2D eigenvalue weighted by atomic mass is 9.90. The van der Waals surface area contributed by atoms with Crippen LogP contribution in [0.2, 0.25) is 0 Å². The van der Waals surface area contributed by atoms with E-state index in [1.165, 1.54) is 29.7 Å². The van der Waals surface area contributed by atoms with Gasteiger partial charge in [0, 0.05) is 11.1 Å². The Kier molecular flexibility index (Phi) is 4.75. The number of carbonyl (C=O) groups excluding carboxylic acids is 1. The molecule has 0 saturated heterocycles. The first-order valence-electron chi connectivity index (χ1n) is 9.05. The minimum absolute atomic E-state index is 0.0386. The molecular formula is C21H17F3N2O2. The molecule has 4 rings (SSSR count). The molecule has 1 aromatic heterocycles. The molecule has 0 atom stereocenters. The summed E-state index contributed by atoms with van der Waals surface area (Å²) in [5.41, 5.74) is 2.48. The zero-order valence-electron chi connectivity index (χ0n) is 14.9. The Bertz CT molecular complexity index is 1020. The Morgan fingerprint density at radius 1 is 1.00 bits per heavy atom. The summed E-state index contributed by atoms with van der Waals surface area (Å²) in [6.07, 6.45) is -0.334. The van der Waals surface area contributed by atoms with Crippen LogP contribution in [0.4, 0.5) is 13.2 Å². The molecule has 144 valence electrons. The lowest BCUT2D eigenvalue weighted by Crippen LogP contribution is -2.09. The number of aromatic nitrogens is 2. The summed E-state index contributed by atoms with van der Waals surface area (Å²) in [5.74, 6) is -0.123. The Morgan fingerprint density at radius 2 is 1.79 bits per heavy atom. The van der Waals surface area contributed by atoms with Crippen molar-refractivity contribution >= 4 is 5.78 Å². The van der Waals surface area contributed by atoms with Crippen LogP contribution in [0, 0.1) is 0 Å². The van der Waals surface area contributed by atoms with Crippen molar-refractivity contribution < 1.29 is 22.4 Å². The SMILES string of the molecule is O=C(Cc1nnc(-c2ccc3c(c2)CCCC3)o1)c1cccc(C(F)(F)F)c1. The summed E-state index contributed by atoms with van der Waals surface area (Å²) in [7, 11) is 0. The molecule has 0 radical (unpaired) electrons. The number of fused-ring (bicyclic) bond motifs is 1. The van der Waals surface area contributed by atoms with Crippen LogP contribution in [0.5, 0.6) is 0 Å². The van der Waals surface area contributed by atoms with Crippen molar-refractivity contribution in [2.24, 2.45) is 0 Å². The maximum atomic E-state index is 12.8. The van der Waals surface area contributed by atoms with Crippen molar-refractivity contribution in [2.75, 3.05) is 0 Å². The number of ketones is 1. The highest BCUT2D eigenvalue weighted by Crippen LogP contribution is 2.30. The predicted octanol–water partition coefficient (Wildman–Crippen LogP) is 5.06. The van der Waals surface area contributed by atoms with E-state index in [2.05, 4.69) is 16.3 Å². The van der Waals surface area contributed by atoms with Crippen LogP contribution >= 0.6 is 0 Å². The zero-order valence-corrected chi connectivity index (χ0v) is 14.9. The minimum atomic E-state index is -4.50. The lowest BCUT2D eigenvalue weighted by molar-refractivity contribution is -0.137. The van der Waals surface area contributed by atoms with Gasteiger partial charge in [-0.3, -0.25) is 4.79 Å². The average Bonchev–Trinajstić information content (AvgIpc) is 3.15. The first-order valence-corrected chi connectivity index (χ1v) is 9.05. The van der Waals surface area contributed by atoms with Crippen LogP contribution in [0.3, 0.4) is 0 Å². The highest BCUT2D eigenvalue weighted by atomic mass is 19.4. The smallest absolute Gasteiger partial charge is 0.416 e. The van der Waals surface area contributed by atoms with Crippen LogP contribution in [0.25, 0.3) is 11.5 Å². The van der Waals surface area contributed by atoms with Gasteiger partial charge in [-0.05, 0) is 61.1 Å². The molecule has 1 aliphatic carbocycles. The van der Waals surface area contributed by atoms with Gasteiger partial charge in [-0.25, -0.2) is 0 Å². The van der Waals surface area contributed by atoms with Gasteiger partial charge in [0.1, 0.15) is 0 Å². The number of rotatable bonds is 4. The molecule has 7 heteroatoms. The van der Waals surface area contributed by atoms with E-state index in [0.717, 1.165) is 37.0 Å². The van der Waals surface area contributed by atoms with Crippen molar-refractivity contribution in [2.45, 2.75) is 38.3 Å². The molecule has 3 aromatic rings. The number of aryl methyl sites for hydroxylation is 2. The molecular weight excluding hydrogens is 369 g/mol. The van der Waals surface area contributed by atoms with Crippen molar-refractivity contribution in [3.8, 4) is 11.5 Å². The number of Topliss-reactive ketones (excluding diaryl/α,β-unsaturated/α-hetero) is 1. The second-order valence-electron chi connectivity index (χ2n) is 6.87. The van der Waals surface area contributed by atoms with Gasteiger partial charge in [0.15, 0.2) is 5.78 Å². The van der Waals surface area contributed by atoms with Gasteiger partial charge in [0.25, 0.3) is 0 Å². The maximum absolute atomic E-state index is 12.8. The normalized spacial score (nSPS) is 14.0. The molecule has 4 nitrogen and oxygen atoms in total. The maximum Gasteiger partial charge on any atom is 0.416 e. The van der Waals surface area contributed by atoms with Crippen molar-refractivity contribution in [1.29, 1.82) is 0 Å². The average molecular weight is 386 g/mol. The van der Waals surface area contributed by atoms with Crippen molar-refractivity contribution in [1.82, 2.24) is 10.2 Å². The molecule has 0 spiro atoms. The third-order valence-corrected chi connectivity index (χ3v) is 4.89. The summed E-state index contributed by atoms with van der Waals surface area (Å²) in [6, 6.07) is 10.3. The summed E-state index contributed by atoms with van der Waals surface area (Å²) < 4.78 is 44.0. The molecule has 1 aliphatic rings. The molecule has 1 heterocycles. The molecule has 0 aliphatic heterocycles. The largest absolute Gasteiger partial charge is 0.420 e. The molecule has 0 saturated carbocycles. The highest BCUT2D eigenvalue weighted by Gasteiger charge is 2.31. The fourth-order valence-corrected chi connectivity index (χ4v) is 3.42. The molecule has 0 bridgehead atoms. The topological polar surface area (TPSA) is 56.0 Å². The van der Waals surface area contributed by atoms with E-state index in [1.807, 2.05) is 12.1 Å². The van der Waals surface area contributed by atoms with E-state index in [0.29, 0.717) is 5.89 Å². The highest BCUT2D eigenvalue weighted by molar-refractivity contribution is 5.97. The van der Waals surface area contributed by atoms with E-state index in [9.17, 15) is 18.0 Å². The summed E-state index contributed by atoms with van der Waals surface area (Å²) in [5, 5.41) is 7.87. The monoisotopic (exact) mass is 386 g/mol. The summed E-state index contributed by atoms with van der Waals surface area (Å²) >= 11 is 0. The Morgan fingerprint density at radius 3 is 2.57 bits per heavy atom. The fraction of sp³-hybridized carbons (Fsp3) is 0.286. The van der Waals surface area contributed by atoms with Crippen LogP contribution in [0.15, 0.2) is 46.9 Å². The summed E-state index contributed by atoms with van der Waals surface area (Å²) in [6.45, 7) is 0. The molecule has 2 aromatic carbocycles. The van der Waals surface area contributed by atoms with E-state index < -0.39 is 17.5 Å². The molecule has 28 heavy (non-hydrogen) atoms. The molecule has 0 unspecified atom stereocenters. The van der Waals surface area contributed by atoms with Gasteiger partial charge >= 0.3 is 6.18 Å². The van der Waals surface area contributed by atoms with Crippen LogP contribution < -0.4 is 0 Å². The Labute approximate surface area is 159 Å². The van der Waals surface area contributed by atoms with E-state index in [-0.39, 0.29) is 17.9 Å². The molecule has 0 N–H and O–H groups in total. The molecule has 0 fully saturated rings. The van der Waals surface area contributed by atoms with Crippen molar-refractivity contribution in [3.63, 3.8) is 0 Å². The van der Waals surface area contributed by atoms with Gasteiger partial charge in [0.05, 0.1) is 12.0 Å². The van der Waals surface area contributed by atoms with Gasteiger partial charge in [0.2, 0.25) is 11.8 Å². The molecule has 0 amide bonds. The number of hydrogen-bond donors (Lipinski definition) is 0. The first-order chi connectivity index (χ1) is 13.4. The first kappa shape index (κ1) is 18.4. The number of nitrogens with zero attached hydrogens (tertiary/aromatic N) is 2. The second-order valence-corrected chi connectivity index (χ2v) is 6.87. The van der Waals surface area contributed by atoms with Gasteiger partial charge < -0.3 is 4.42 Å². The zero-order chi connectivity index (χ0) is 19.7. The van der Waals surface area contributed by atoms with Crippen molar-refractivity contribution in [3.05, 3.63) is 70.6 Å². The van der Waals surface area contributed by atoms with Gasteiger partial charge in [-0.2, -0.15) is 13.2 Å². The number of hydrogen-bond acceptors (Lipinski definition) is 4. The number of carbonyl (C=O) groups is 1. The second kappa shape index (κ2) is 7.22. The predicted molar refractivity (Wildman–Crippen MR) is 95.9 cm³/mol. The third kappa shape index (κ3) is 3.83. The van der Waals surface area contributed by atoms with E-state index in [4.69, 9.17) is 4.42 Å². The van der Waals surface area contributed by atoms with Crippen LogP contribution in [-0.2, 0) is 25.4 Å². The minimum Gasteiger partial charge on any atom is -0.420 e. The standard InChI is InChI=1S/C21H17F3N2O2/c22-21(23,24)17-7-3-6-15(11-17)18(27)12-19-25-26-20(28-19)16-9-8-13-4-1-2-5-14(13)10-16/h3,6-11H,1-2,4-5,12H2. The van der Waals surface area contributed by atoms with E-state index in [1.54, 1.807) is 0 Å². The Hall–Kier alpha value is -2.96. The summed E-state index contributed by atoms with van der Waals surface area (Å²) in [4.78, 5) is 12.3. The Balaban J connectivity index is 1.52. The number of halogens is 3. The number of benzene rings is 2. The number of alkyl halides is 3. The van der Waals surface area contributed by atoms with Gasteiger partial charge in [-0.15, -0.1) is 10.2 Å². The fourth-order valence-electron chi connectivity index (χ4n) is 3.42.